The molecule has 0 radical (unpaired) electrons. The van der Waals surface area contributed by atoms with Crippen molar-refractivity contribution in [3.8, 4) is 0 Å². The van der Waals surface area contributed by atoms with Gasteiger partial charge in [0.15, 0.2) is 0 Å². The van der Waals surface area contributed by atoms with Gasteiger partial charge in [-0.3, -0.25) is 0 Å². The summed E-state index contributed by atoms with van der Waals surface area (Å²) in [7, 11) is 0. The summed E-state index contributed by atoms with van der Waals surface area (Å²) in [4.78, 5) is 0. The van der Waals surface area contributed by atoms with Crippen LogP contribution in [0.25, 0.3) is 0 Å². The SMILES string of the molecule is CCCCCn1cc[n+](CC)c1. The third-order valence-electron chi connectivity index (χ3n) is 2.13. The van der Waals surface area contributed by atoms with Gasteiger partial charge in [0, 0.05) is 0 Å². The fraction of sp³-hybridized carbons (Fsp3) is 0.700. The second-order valence-corrected chi connectivity index (χ2v) is 3.19. The van der Waals surface area contributed by atoms with Crippen LogP contribution in [0, 0.1) is 0 Å². The number of nitrogens with zero attached hydrogens (tertiary/aromatic N) is 2. The first kappa shape index (κ1) is 9.30. The Kier molecular flexibility index (Phi) is 3.85. The number of rotatable bonds is 5. The van der Waals surface area contributed by atoms with Gasteiger partial charge in [-0.1, -0.05) is 13.3 Å². The maximum Gasteiger partial charge on any atom is 0.243 e. The van der Waals surface area contributed by atoms with Gasteiger partial charge in [-0.15, -0.1) is 0 Å². The van der Waals surface area contributed by atoms with E-state index in [2.05, 4.69) is 41.7 Å². The van der Waals surface area contributed by atoms with Crippen molar-refractivity contribution in [2.75, 3.05) is 0 Å². The molecular formula is C10H19N2+. The molecule has 68 valence electrons. The summed E-state index contributed by atoms with van der Waals surface area (Å²) in [6.45, 7) is 6.64. The number of aryl methyl sites for hydroxylation is 2. The largest absolute Gasteiger partial charge is 0.243 e. The topological polar surface area (TPSA) is 8.81 Å². The first-order chi connectivity index (χ1) is 5.86. The van der Waals surface area contributed by atoms with E-state index in [1.165, 1.54) is 25.8 Å². The fourth-order valence-electron chi connectivity index (χ4n) is 1.30. The minimum atomic E-state index is 1.07. The summed E-state index contributed by atoms with van der Waals surface area (Å²) >= 11 is 0. The standard InChI is InChI=1S/C10H19N2/c1-3-5-6-7-12-9-8-11(4-2)10-12/h8-10H,3-7H2,1-2H3/q+1. The van der Waals surface area contributed by atoms with Gasteiger partial charge in [-0.25, -0.2) is 9.13 Å². The third-order valence-corrected chi connectivity index (χ3v) is 2.13. The molecule has 12 heavy (non-hydrogen) atoms. The average Bonchev–Trinajstić information content (AvgIpc) is 2.53. The lowest BCUT2D eigenvalue weighted by Gasteiger charge is -1.93. The quantitative estimate of drug-likeness (QED) is 0.468. The van der Waals surface area contributed by atoms with Gasteiger partial charge in [-0.2, -0.15) is 0 Å². The van der Waals surface area contributed by atoms with Crippen molar-refractivity contribution in [1.82, 2.24) is 4.57 Å². The maximum absolute atomic E-state index is 2.26. The van der Waals surface area contributed by atoms with Crippen LogP contribution in [-0.4, -0.2) is 4.57 Å². The van der Waals surface area contributed by atoms with E-state index in [-0.39, 0.29) is 0 Å². The molecule has 0 aliphatic rings. The smallest absolute Gasteiger partial charge is 0.237 e. The minimum absolute atomic E-state index is 1.07. The molecule has 0 aliphatic heterocycles. The summed E-state index contributed by atoms with van der Waals surface area (Å²) in [5.74, 6) is 0. The van der Waals surface area contributed by atoms with Crippen molar-refractivity contribution in [3.05, 3.63) is 18.7 Å². The summed E-state index contributed by atoms with van der Waals surface area (Å²) in [6, 6.07) is 0. The van der Waals surface area contributed by atoms with Gasteiger partial charge in [0.05, 0.1) is 13.1 Å². The average molecular weight is 167 g/mol. The number of unbranched alkanes of at least 4 members (excludes halogenated alkanes) is 2. The zero-order valence-corrected chi connectivity index (χ0v) is 8.16. The van der Waals surface area contributed by atoms with Crippen LogP contribution in [0.1, 0.15) is 33.1 Å². The van der Waals surface area contributed by atoms with E-state index in [1.54, 1.807) is 0 Å². The Balaban J connectivity index is 2.31. The molecule has 0 saturated carbocycles. The van der Waals surface area contributed by atoms with E-state index >= 15 is 0 Å². The van der Waals surface area contributed by atoms with Crippen LogP contribution >= 0.6 is 0 Å². The lowest BCUT2D eigenvalue weighted by Crippen LogP contribution is -2.28. The summed E-state index contributed by atoms with van der Waals surface area (Å²) in [6.07, 6.45) is 10.4. The molecule has 1 heterocycles. The van der Waals surface area contributed by atoms with Crippen molar-refractivity contribution in [1.29, 1.82) is 0 Å². The van der Waals surface area contributed by atoms with Gasteiger partial charge >= 0.3 is 0 Å². The summed E-state index contributed by atoms with van der Waals surface area (Å²) in [5, 5.41) is 0. The Morgan fingerprint density at radius 2 is 2.08 bits per heavy atom. The van der Waals surface area contributed by atoms with E-state index in [1.807, 2.05) is 0 Å². The predicted molar refractivity (Wildman–Crippen MR) is 49.8 cm³/mol. The van der Waals surface area contributed by atoms with Gasteiger partial charge < -0.3 is 0 Å². The number of aromatic nitrogens is 2. The predicted octanol–water partition coefficient (Wildman–Crippen LogP) is 1.99. The Labute approximate surface area is 74.8 Å². The molecule has 1 rings (SSSR count). The van der Waals surface area contributed by atoms with Crippen molar-refractivity contribution in [2.45, 2.75) is 46.2 Å². The Hall–Kier alpha value is -0.790. The highest BCUT2D eigenvalue weighted by atomic mass is 15.1. The normalized spacial score (nSPS) is 10.5. The van der Waals surface area contributed by atoms with Crippen LogP contribution in [0.15, 0.2) is 18.7 Å². The van der Waals surface area contributed by atoms with E-state index in [9.17, 15) is 0 Å². The molecule has 0 spiro atoms. The molecule has 0 bridgehead atoms. The van der Waals surface area contributed by atoms with Crippen molar-refractivity contribution in [3.63, 3.8) is 0 Å². The molecule has 1 aromatic heterocycles. The Morgan fingerprint density at radius 1 is 1.25 bits per heavy atom. The van der Waals surface area contributed by atoms with Crippen LogP contribution in [0.2, 0.25) is 0 Å². The molecule has 1 aromatic rings. The molecule has 0 atom stereocenters. The lowest BCUT2D eigenvalue weighted by atomic mass is 10.2. The van der Waals surface area contributed by atoms with Crippen LogP contribution < -0.4 is 4.57 Å². The number of hydrogen-bond donors (Lipinski definition) is 0. The maximum atomic E-state index is 2.26. The second-order valence-electron chi connectivity index (χ2n) is 3.19. The first-order valence-electron chi connectivity index (χ1n) is 4.91. The highest BCUT2D eigenvalue weighted by molar-refractivity contribution is 4.65. The molecule has 0 saturated heterocycles. The minimum Gasteiger partial charge on any atom is -0.237 e. The highest BCUT2D eigenvalue weighted by Crippen LogP contribution is 1.96. The van der Waals surface area contributed by atoms with Crippen molar-refractivity contribution < 1.29 is 4.57 Å². The van der Waals surface area contributed by atoms with E-state index in [0.717, 1.165) is 6.54 Å². The second kappa shape index (κ2) is 4.96. The van der Waals surface area contributed by atoms with Crippen molar-refractivity contribution in [2.24, 2.45) is 0 Å². The van der Waals surface area contributed by atoms with E-state index < -0.39 is 0 Å². The molecule has 0 aliphatic carbocycles. The van der Waals surface area contributed by atoms with E-state index in [4.69, 9.17) is 0 Å². The van der Waals surface area contributed by atoms with Crippen LogP contribution in [0.4, 0.5) is 0 Å². The van der Waals surface area contributed by atoms with Gasteiger partial charge in [0.1, 0.15) is 12.4 Å². The van der Waals surface area contributed by atoms with Gasteiger partial charge in [0.2, 0.25) is 6.33 Å². The zero-order chi connectivity index (χ0) is 8.81. The molecule has 0 fully saturated rings. The molecule has 0 amide bonds. The Morgan fingerprint density at radius 3 is 2.67 bits per heavy atom. The van der Waals surface area contributed by atoms with Gasteiger partial charge in [-0.05, 0) is 19.8 Å². The monoisotopic (exact) mass is 167 g/mol. The molecular weight excluding hydrogens is 148 g/mol. The van der Waals surface area contributed by atoms with Crippen LogP contribution in [-0.2, 0) is 13.1 Å². The molecule has 2 heteroatoms. The zero-order valence-electron chi connectivity index (χ0n) is 8.16. The molecule has 0 unspecified atom stereocenters. The summed E-state index contributed by atoms with van der Waals surface area (Å²) in [5.41, 5.74) is 0. The molecule has 0 N–H and O–H groups in total. The Bertz CT molecular complexity index is 215. The summed E-state index contributed by atoms with van der Waals surface area (Å²) < 4.78 is 4.46. The highest BCUT2D eigenvalue weighted by Gasteiger charge is 1.99. The van der Waals surface area contributed by atoms with Gasteiger partial charge in [0.25, 0.3) is 0 Å². The number of hydrogen-bond acceptors (Lipinski definition) is 0. The van der Waals surface area contributed by atoms with Crippen LogP contribution in [0.3, 0.4) is 0 Å². The fourth-order valence-corrected chi connectivity index (χ4v) is 1.30. The third kappa shape index (κ3) is 2.68. The van der Waals surface area contributed by atoms with Crippen molar-refractivity contribution >= 4 is 0 Å². The molecule has 0 aromatic carbocycles. The van der Waals surface area contributed by atoms with Crippen LogP contribution in [0.5, 0.6) is 0 Å². The van der Waals surface area contributed by atoms with E-state index in [0.29, 0.717) is 0 Å². The number of imidazole rings is 1. The molecule has 2 nitrogen and oxygen atoms in total. The first-order valence-corrected chi connectivity index (χ1v) is 4.91. The lowest BCUT2D eigenvalue weighted by molar-refractivity contribution is -0.693.